The Morgan fingerprint density at radius 1 is 1.57 bits per heavy atom. The van der Waals surface area contributed by atoms with E-state index in [1.54, 1.807) is 13.8 Å². The molecular formula is C6H13BrF2NO2PS. The average molecular weight is 312 g/mol. The quantitative estimate of drug-likeness (QED) is 0.603. The average Bonchev–Trinajstić information content (AvgIpc) is 2.02. The number of nitrogens with one attached hydrogen (secondary N) is 1. The maximum absolute atomic E-state index is 12.9. The van der Waals surface area contributed by atoms with Gasteiger partial charge in [-0.25, -0.2) is 5.09 Å². The Labute approximate surface area is 95.9 Å². The largest absolute Gasteiger partial charge is 0.371 e. The van der Waals surface area contributed by atoms with Gasteiger partial charge in [-0.3, -0.25) is 4.52 Å². The van der Waals surface area contributed by atoms with Gasteiger partial charge >= 0.3 is 6.11 Å². The van der Waals surface area contributed by atoms with Crippen molar-refractivity contribution in [3.63, 3.8) is 0 Å². The van der Waals surface area contributed by atoms with Crippen molar-refractivity contribution < 1.29 is 17.8 Å². The van der Waals surface area contributed by atoms with Crippen LogP contribution in [0.1, 0.15) is 13.8 Å². The van der Waals surface area contributed by atoms with Crippen LogP contribution in [0.2, 0.25) is 0 Å². The molecule has 0 radical (unpaired) electrons. The minimum Gasteiger partial charge on any atom is -0.321 e. The number of halogens is 3. The molecule has 1 N–H and O–H groups in total. The van der Waals surface area contributed by atoms with Gasteiger partial charge in [0.25, 0.3) is 6.64 Å². The van der Waals surface area contributed by atoms with Crippen molar-refractivity contribution >= 4 is 34.4 Å². The topological polar surface area (TPSA) is 30.5 Å². The van der Waals surface area contributed by atoms with Gasteiger partial charge in [0.1, 0.15) is 0 Å². The molecule has 8 heteroatoms. The fourth-order valence-corrected chi connectivity index (χ4v) is 3.17. The molecule has 0 aromatic rings. The normalized spacial score (nSPS) is 17.1. The van der Waals surface area contributed by atoms with Gasteiger partial charge in [-0.15, -0.1) is 0 Å². The SMILES string of the molecule is COP(=S)(NC(C)C)OC(F)(F)CBr. The zero-order chi connectivity index (χ0) is 11.4. The van der Waals surface area contributed by atoms with Crippen molar-refractivity contribution in [2.45, 2.75) is 26.0 Å². The third kappa shape index (κ3) is 5.68. The molecular weight excluding hydrogens is 299 g/mol. The Morgan fingerprint density at radius 3 is 2.36 bits per heavy atom. The lowest BCUT2D eigenvalue weighted by Crippen LogP contribution is -2.29. The molecule has 0 aliphatic heterocycles. The second-order valence-corrected chi connectivity index (χ2v) is 6.63. The van der Waals surface area contributed by atoms with E-state index in [0.717, 1.165) is 0 Å². The van der Waals surface area contributed by atoms with Gasteiger partial charge in [0.2, 0.25) is 0 Å². The predicted octanol–water partition coefficient (Wildman–Crippen LogP) is 2.86. The van der Waals surface area contributed by atoms with E-state index in [-0.39, 0.29) is 6.04 Å². The Balaban J connectivity index is 4.48. The molecule has 0 aliphatic carbocycles. The molecule has 0 spiro atoms. The lowest BCUT2D eigenvalue weighted by Gasteiger charge is -2.26. The summed E-state index contributed by atoms with van der Waals surface area (Å²) in [7, 11) is 1.25. The molecule has 1 unspecified atom stereocenters. The van der Waals surface area contributed by atoms with E-state index in [0.29, 0.717) is 0 Å². The summed E-state index contributed by atoms with van der Waals surface area (Å²) in [5.41, 5.74) is 0. The van der Waals surface area contributed by atoms with Gasteiger partial charge in [0.05, 0.1) is 5.33 Å². The van der Waals surface area contributed by atoms with Crippen LogP contribution in [0.25, 0.3) is 0 Å². The Morgan fingerprint density at radius 2 is 2.07 bits per heavy atom. The van der Waals surface area contributed by atoms with Gasteiger partial charge in [-0.1, -0.05) is 15.9 Å². The van der Waals surface area contributed by atoms with Crippen molar-refractivity contribution in [2.24, 2.45) is 0 Å². The van der Waals surface area contributed by atoms with Gasteiger partial charge in [-0.05, 0) is 25.7 Å². The van der Waals surface area contributed by atoms with Gasteiger partial charge in [0.15, 0.2) is 0 Å². The highest BCUT2D eigenvalue weighted by molar-refractivity contribution is 9.09. The van der Waals surface area contributed by atoms with E-state index >= 15 is 0 Å². The van der Waals surface area contributed by atoms with E-state index in [1.807, 2.05) is 0 Å². The molecule has 86 valence electrons. The second-order valence-electron chi connectivity index (χ2n) is 2.83. The zero-order valence-corrected chi connectivity index (χ0v) is 11.4. The van der Waals surface area contributed by atoms with Gasteiger partial charge in [-0.2, -0.15) is 8.78 Å². The summed E-state index contributed by atoms with van der Waals surface area (Å²) in [6.45, 7) is 0.456. The summed E-state index contributed by atoms with van der Waals surface area (Å²) < 4.78 is 34.9. The first-order chi connectivity index (χ1) is 6.24. The number of alkyl halides is 3. The van der Waals surface area contributed by atoms with Gasteiger partial charge < -0.3 is 4.52 Å². The second kappa shape index (κ2) is 5.82. The van der Waals surface area contributed by atoms with Gasteiger partial charge in [0, 0.05) is 13.2 Å². The van der Waals surface area contributed by atoms with Crippen LogP contribution in [0, 0.1) is 0 Å². The summed E-state index contributed by atoms with van der Waals surface area (Å²) in [5, 5.41) is 2.07. The van der Waals surface area contributed by atoms with Crippen LogP contribution in [0.3, 0.4) is 0 Å². The van der Waals surface area contributed by atoms with Crippen LogP contribution in [0.4, 0.5) is 8.78 Å². The first-order valence-corrected chi connectivity index (χ1v) is 7.59. The Kier molecular flexibility index (Phi) is 6.18. The highest BCUT2D eigenvalue weighted by Gasteiger charge is 2.36. The van der Waals surface area contributed by atoms with Crippen LogP contribution in [-0.2, 0) is 20.9 Å². The van der Waals surface area contributed by atoms with Crippen molar-refractivity contribution in [1.82, 2.24) is 5.09 Å². The fourth-order valence-electron chi connectivity index (χ4n) is 0.633. The molecule has 1 atom stereocenters. The summed E-state index contributed by atoms with van der Waals surface area (Å²) in [5.74, 6) is 0. The third-order valence-electron chi connectivity index (χ3n) is 1.07. The van der Waals surface area contributed by atoms with Crippen molar-refractivity contribution in [2.75, 3.05) is 12.4 Å². The molecule has 0 aromatic carbocycles. The van der Waals surface area contributed by atoms with Crippen molar-refractivity contribution in [1.29, 1.82) is 0 Å². The van der Waals surface area contributed by atoms with E-state index < -0.39 is 18.1 Å². The first kappa shape index (κ1) is 14.9. The van der Waals surface area contributed by atoms with Crippen LogP contribution < -0.4 is 5.09 Å². The number of hydrogen-bond acceptors (Lipinski definition) is 3. The smallest absolute Gasteiger partial charge is 0.321 e. The van der Waals surface area contributed by atoms with E-state index in [1.165, 1.54) is 7.11 Å². The maximum atomic E-state index is 12.9. The molecule has 3 nitrogen and oxygen atoms in total. The standard InChI is InChI=1S/C6H13BrF2NO2PS/c1-5(2)10-13(14,11-3)12-6(8,9)4-7/h5H,4H2,1-3H3,(H,10,14). The Bertz CT molecular complexity index is 230. The maximum Gasteiger partial charge on any atom is 0.371 e. The predicted molar refractivity (Wildman–Crippen MR) is 59.4 cm³/mol. The molecule has 0 saturated heterocycles. The third-order valence-corrected chi connectivity index (χ3v) is 4.53. The van der Waals surface area contributed by atoms with E-state index in [4.69, 9.17) is 16.3 Å². The van der Waals surface area contributed by atoms with Crippen LogP contribution in [-0.4, -0.2) is 24.6 Å². The molecule has 0 heterocycles. The molecule has 0 aromatic heterocycles. The molecule has 0 bridgehead atoms. The minimum absolute atomic E-state index is 0.0769. The zero-order valence-electron chi connectivity index (χ0n) is 8.09. The molecule has 14 heavy (non-hydrogen) atoms. The summed E-state index contributed by atoms with van der Waals surface area (Å²) >= 11 is 7.48. The molecule has 0 amide bonds. The molecule has 0 aliphatic rings. The lowest BCUT2D eigenvalue weighted by molar-refractivity contribution is -0.154. The lowest BCUT2D eigenvalue weighted by atomic mass is 10.4. The highest BCUT2D eigenvalue weighted by Crippen LogP contribution is 2.48. The van der Waals surface area contributed by atoms with Crippen molar-refractivity contribution in [3.8, 4) is 0 Å². The van der Waals surface area contributed by atoms with Crippen LogP contribution >= 0.6 is 22.6 Å². The molecule has 0 saturated carbocycles. The fraction of sp³-hybridized carbons (Fsp3) is 1.00. The number of hydrogen-bond donors (Lipinski definition) is 1. The van der Waals surface area contributed by atoms with Crippen LogP contribution in [0.5, 0.6) is 0 Å². The summed E-state index contributed by atoms with van der Waals surface area (Å²) in [6.07, 6.45) is -3.31. The molecule has 0 rings (SSSR count). The first-order valence-electron chi connectivity index (χ1n) is 3.83. The van der Waals surface area contributed by atoms with E-state index in [9.17, 15) is 8.78 Å². The summed E-state index contributed by atoms with van der Waals surface area (Å²) in [6, 6.07) is -0.0769. The highest BCUT2D eigenvalue weighted by atomic mass is 79.9. The van der Waals surface area contributed by atoms with Crippen molar-refractivity contribution in [3.05, 3.63) is 0 Å². The minimum atomic E-state index is -3.31. The monoisotopic (exact) mass is 311 g/mol. The molecule has 0 fully saturated rings. The Hall–Kier alpha value is 0.870. The number of rotatable bonds is 6. The summed E-state index contributed by atoms with van der Waals surface area (Å²) in [4.78, 5) is 0. The van der Waals surface area contributed by atoms with E-state index in [2.05, 4.69) is 25.5 Å². The van der Waals surface area contributed by atoms with Crippen LogP contribution in [0.15, 0.2) is 0 Å².